The number of hydrogen-bond acceptors (Lipinski definition) is 8. The Morgan fingerprint density at radius 3 is 2.77 bits per heavy atom. The minimum Gasteiger partial charge on any atom is -0.464 e. The Bertz CT molecular complexity index is 833. The van der Waals surface area contributed by atoms with E-state index in [9.17, 15) is 4.79 Å². The summed E-state index contributed by atoms with van der Waals surface area (Å²) >= 11 is 0. The number of carbonyl (C=O) groups excluding carboxylic acids is 1. The molecule has 8 nitrogen and oxygen atoms in total. The lowest BCUT2D eigenvalue weighted by molar-refractivity contribution is -0.0803. The average Bonchev–Trinajstić information content (AvgIpc) is 2.69. The monoisotopic (exact) mass is 355 g/mol. The molecule has 0 N–H and O–H groups in total. The van der Waals surface area contributed by atoms with E-state index in [1.807, 2.05) is 13.1 Å². The normalized spacial score (nSPS) is 18.5. The van der Waals surface area contributed by atoms with Gasteiger partial charge in [-0.15, -0.1) is 0 Å². The van der Waals surface area contributed by atoms with Crippen molar-refractivity contribution in [1.82, 2.24) is 19.9 Å². The van der Waals surface area contributed by atoms with Crippen LogP contribution in [0.25, 0.3) is 0 Å². The molecule has 1 fully saturated rings. The average molecular weight is 355 g/mol. The Morgan fingerprint density at radius 1 is 1.23 bits per heavy atom. The van der Waals surface area contributed by atoms with E-state index in [-0.39, 0.29) is 11.3 Å². The number of methoxy groups -OCH3 is 1. The van der Waals surface area contributed by atoms with Crippen LogP contribution in [0.1, 0.15) is 40.4 Å². The first-order chi connectivity index (χ1) is 12.6. The zero-order valence-corrected chi connectivity index (χ0v) is 14.9. The fraction of sp³-hybridized carbons (Fsp3) is 0.500. The number of nitrogens with zero attached hydrogens (tertiary/aromatic N) is 5. The molecule has 2 aromatic heterocycles. The Balaban J connectivity index is 1.60. The van der Waals surface area contributed by atoms with Crippen LogP contribution in [-0.2, 0) is 21.5 Å². The highest BCUT2D eigenvalue weighted by molar-refractivity contribution is 5.92. The lowest BCUT2D eigenvalue weighted by Crippen LogP contribution is -2.48. The van der Waals surface area contributed by atoms with E-state index in [4.69, 9.17) is 14.5 Å². The minimum absolute atomic E-state index is 0.245. The van der Waals surface area contributed by atoms with Crippen molar-refractivity contribution in [3.05, 3.63) is 41.4 Å². The fourth-order valence-corrected chi connectivity index (χ4v) is 3.76. The molecule has 136 valence electrons. The van der Waals surface area contributed by atoms with E-state index in [2.05, 4.69) is 19.9 Å². The molecule has 2 aliphatic heterocycles. The second-order valence-corrected chi connectivity index (χ2v) is 6.59. The molecule has 0 aromatic carbocycles. The standard InChI is InChI=1S/C18H21N5O3/c1-12-21-11-13-3-10-26-18(15(13)22-12)4-8-23(9-5-18)16-14(17(24)25-2)19-6-7-20-16/h6-7,11H,3-5,8-10H2,1-2H3. The van der Waals surface area contributed by atoms with Crippen LogP contribution in [0.15, 0.2) is 18.6 Å². The molecule has 4 heterocycles. The summed E-state index contributed by atoms with van der Waals surface area (Å²) in [5.41, 5.74) is 2.05. The van der Waals surface area contributed by atoms with Crippen LogP contribution >= 0.6 is 0 Å². The maximum atomic E-state index is 12.0. The van der Waals surface area contributed by atoms with Gasteiger partial charge < -0.3 is 14.4 Å². The highest BCUT2D eigenvalue weighted by Gasteiger charge is 2.43. The van der Waals surface area contributed by atoms with Crippen molar-refractivity contribution in [2.45, 2.75) is 31.8 Å². The van der Waals surface area contributed by atoms with E-state index in [0.29, 0.717) is 25.5 Å². The Morgan fingerprint density at radius 2 is 2.00 bits per heavy atom. The van der Waals surface area contributed by atoms with Crippen molar-refractivity contribution < 1.29 is 14.3 Å². The predicted molar refractivity (Wildman–Crippen MR) is 92.9 cm³/mol. The van der Waals surface area contributed by atoms with Crippen molar-refractivity contribution in [2.75, 3.05) is 31.7 Å². The van der Waals surface area contributed by atoms with Gasteiger partial charge in [0.25, 0.3) is 0 Å². The highest BCUT2D eigenvalue weighted by Crippen LogP contribution is 2.41. The second kappa shape index (κ2) is 6.60. The van der Waals surface area contributed by atoms with Crippen molar-refractivity contribution in [3.63, 3.8) is 0 Å². The zero-order chi connectivity index (χ0) is 18.1. The molecule has 0 aliphatic carbocycles. The molecule has 2 aromatic rings. The SMILES string of the molecule is COC(=O)c1nccnc1N1CCC2(CC1)OCCc1cnc(C)nc12. The van der Waals surface area contributed by atoms with Crippen LogP contribution in [0.3, 0.4) is 0 Å². The number of aryl methyl sites for hydroxylation is 1. The van der Waals surface area contributed by atoms with Gasteiger partial charge in [0.1, 0.15) is 11.4 Å². The quantitative estimate of drug-likeness (QED) is 0.747. The molecule has 0 radical (unpaired) electrons. The van der Waals surface area contributed by atoms with Crippen LogP contribution in [0, 0.1) is 6.92 Å². The number of carbonyl (C=O) groups is 1. The first kappa shape index (κ1) is 16.8. The van der Waals surface area contributed by atoms with Crippen LogP contribution in [-0.4, -0.2) is 52.7 Å². The topological polar surface area (TPSA) is 90.3 Å². The van der Waals surface area contributed by atoms with Gasteiger partial charge in [0.05, 0.1) is 19.4 Å². The van der Waals surface area contributed by atoms with Crippen molar-refractivity contribution in [3.8, 4) is 0 Å². The Labute approximate surface area is 151 Å². The van der Waals surface area contributed by atoms with Crippen molar-refractivity contribution in [2.24, 2.45) is 0 Å². The molecule has 0 bridgehead atoms. The summed E-state index contributed by atoms with van der Waals surface area (Å²) in [5.74, 6) is 0.845. The number of piperidine rings is 1. The Hall–Kier alpha value is -2.61. The number of esters is 1. The fourth-order valence-electron chi connectivity index (χ4n) is 3.76. The van der Waals surface area contributed by atoms with Gasteiger partial charge in [-0.25, -0.2) is 24.7 Å². The molecule has 0 saturated carbocycles. The first-order valence-corrected chi connectivity index (χ1v) is 8.74. The summed E-state index contributed by atoms with van der Waals surface area (Å²) in [4.78, 5) is 31.6. The molecule has 4 rings (SSSR count). The van der Waals surface area contributed by atoms with Gasteiger partial charge in [-0.05, 0) is 31.7 Å². The molecule has 0 atom stereocenters. The van der Waals surface area contributed by atoms with Gasteiger partial charge in [0, 0.05) is 31.7 Å². The lowest BCUT2D eigenvalue weighted by Gasteiger charge is -2.44. The maximum Gasteiger partial charge on any atom is 0.360 e. The molecular weight excluding hydrogens is 334 g/mol. The summed E-state index contributed by atoms with van der Waals surface area (Å²) in [6.45, 7) is 3.98. The van der Waals surface area contributed by atoms with Gasteiger partial charge in [-0.1, -0.05) is 0 Å². The molecule has 26 heavy (non-hydrogen) atoms. The number of aromatic nitrogens is 4. The third kappa shape index (κ3) is 2.80. The van der Waals surface area contributed by atoms with Crippen LogP contribution in [0.4, 0.5) is 5.82 Å². The number of ether oxygens (including phenoxy) is 2. The molecular formula is C18H21N5O3. The van der Waals surface area contributed by atoms with Crippen LogP contribution in [0.5, 0.6) is 0 Å². The molecule has 1 saturated heterocycles. The molecule has 2 aliphatic rings. The summed E-state index contributed by atoms with van der Waals surface area (Å²) in [5, 5.41) is 0. The van der Waals surface area contributed by atoms with Crippen LogP contribution < -0.4 is 4.90 Å². The molecule has 8 heteroatoms. The second-order valence-electron chi connectivity index (χ2n) is 6.59. The van der Waals surface area contributed by atoms with E-state index in [1.54, 1.807) is 6.20 Å². The highest BCUT2D eigenvalue weighted by atomic mass is 16.5. The summed E-state index contributed by atoms with van der Waals surface area (Å²) < 4.78 is 11.1. The van der Waals surface area contributed by atoms with Gasteiger partial charge in [0.2, 0.25) is 0 Å². The van der Waals surface area contributed by atoms with Gasteiger partial charge >= 0.3 is 5.97 Å². The smallest absolute Gasteiger partial charge is 0.360 e. The summed E-state index contributed by atoms with van der Waals surface area (Å²) in [6, 6.07) is 0. The molecule has 0 amide bonds. The van der Waals surface area contributed by atoms with E-state index >= 15 is 0 Å². The third-order valence-corrected chi connectivity index (χ3v) is 5.09. The number of fused-ring (bicyclic) bond motifs is 2. The zero-order valence-electron chi connectivity index (χ0n) is 14.9. The number of rotatable bonds is 2. The predicted octanol–water partition coefficient (Wildman–Crippen LogP) is 1.43. The van der Waals surface area contributed by atoms with E-state index < -0.39 is 5.97 Å². The number of hydrogen-bond donors (Lipinski definition) is 0. The van der Waals surface area contributed by atoms with Gasteiger partial charge in [-0.3, -0.25) is 0 Å². The molecule has 0 unspecified atom stereocenters. The first-order valence-electron chi connectivity index (χ1n) is 8.74. The largest absolute Gasteiger partial charge is 0.464 e. The lowest BCUT2D eigenvalue weighted by atomic mass is 9.83. The van der Waals surface area contributed by atoms with E-state index in [1.165, 1.54) is 18.9 Å². The number of anilines is 1. The van der Waals surface area contributed by atoms with Crippen molar-refractivity contribution in [1.29, 1.82) is 0 Å². The maximum absolute atomic E-state index is 12.0. The summed E-state index contributed by atoms with van der Waals surface area (Å²) in [6.07, 6.45) is 7.40. The van der Waals surface area contributed by atoms with Gasteiger partial charge in [0.15, 0.2) is 11.5 Å². The van der Waals surface area contributed by atoms with Crippen LogP contribution in [0.2, 0.25) is 0 Å². The van der Waals surface area contributed by atoms with Gasteiger partial charge in [-0.2, -0.15) is 0 Å². The third-order valence-electron chi connectivity index (χ3n) is 5.09. The molecule has 1 spiro atoms. The van der Waals surface area contributed by atoms with E-state index in [0.717, 1.165) is 30.8 Å². The minimum atomic E-state index is -0.476. The Kier molecular flexibility index (Phi) is 4.28. The summed E-state index contributed by atoms with van der Waals surface area (Å²) in [7, 11) is 1.35. The van der Waals surface area contributed by atoms with Crippen molar-refractivity contribution >= 4 is 11.8 Å².